The van der Waals surface area contributed by atoms with Crippen molar-refractivity contribution in [3.05, 3.63) is 95.6 Å². The smallest absolute Gasteiger partial charge is 0.319 e. The Labute approximate surface area is 183 Å². The van der Waals surface area contributed by atoms with E-state index in [9.17, 15) is 4.79 Å². The van der Waals surface area contributed by atoms with Gasteiger partial charge in [0.2, 0.25) is 0 Å². The molecule has 0 saturated carbocycles. The van der Waals surface area contributed by atoms with Crippen LogP contribution in [0.3, 0.4) is 0 Å². The van der Waals surface area contributed by atoms with Gasteiger partial charge in [-0.15, -0.1) is 0 Å². The Morgan fingerprint density at radius 1 is 0.968 bits per heavy atom. The van der Waals surface area contributed by atoms with Crippen LogP contribution < -0.4 is 15.4 Å². The van der Waals surface area contributed by atoms with Gasteiger partial charge in [-0.05, 0) is 49.1 Å². The molecule has 5 heteroatoms. The number of nitrogens with zero attached hydrogens (tertiary/aromatic N) is 1. The molecule has 3 rings (SSSR count). The minimum atomic E-state index is -0.228. The molecule has 1 unspecified atom stereocenters. The summed E-state index contributed by atoms with van der Waals surface area (Å²) < 4.78 is 5.86. The lowest BCUT2D eigenvalue weighted by Gasteiger charge is -2.16. The van der Waals surface area contributed by atoms with Crippen molar-refractivity contribution in [3.63, 3.8) is 0 Å². The van der Waals surface area contributed by atoms with Gasteiger partial charge in [0.25, 0.3) is 0 Å². The lowest BCUT2D eigenvalue weighted by atomic mass is 10.1. The lowest BCUT2D eigenvalue weighted by Crippen LogP contribution is -2.36. The number of carbonyl (C=O) groups excluding carboxylic acids is 1. The maximum absolute atomic E-state index is 12.5. The first-order valence-corrected chi connectivity index (χ1v) is 10.4. The zero-order valence-corrected chi connectivity index (χ0v) is 17.7. The number of hydrogen-bond acceptors (Lipinski definition) is 3. The van der Waals surface area contributed by atoms with Gasteiger partial charge in [0.1, 0.15) is 12.4 Å². The number of rotatable bonds is 9. The molecule has 0 aromatic heterocycles. The molecule has 2 amide bonds. The molecule has 0 fully saturated rings. The summed E-state index contributed by atoms with van der Waals surface area (Å²) in [7, 11) is 0. The first kappa shape index (κ1) is 21.9. The number of urea groups is 1. The number of para-hydroxylation sites is 1. The molecule has 3 aromatic rings. The van der Waals surface area contributed by atoms with Crippen molar-refractivity contribution in [1.29, 1.82) is 5.26 Å². The Bertz CT molecular complexity index is 1010. The summed E-state index contributed by atoms with van der Waals surface area (Å²) in [5, 5.41) is 14.7. The second kappa shape index (κ2) is 11.4. The van der Waals surface area contributed by atoms with E-state index in [1.54, 1.807) is 0 Å². The third-order valence-corrected chi connectivity index (χ3v) is 4.95. The molecule has 0 spiro atoms. The van der Waals surface area contributed by atoms with Crippen LogP contribution >= 0.6 is 0 Å². The molecule has 0 heterocycles. The average molecular weight is 414 g/mol. The molecule has 158 valence electrons. The van der Waals surface area contributed by atoms with Crippen LogP contribution in [0.4, 0.5) is 10.5 Å². The molecule has 0 bridgehead atoms. The SMILES string of the molecule is CC(CCc1ccccc1)NC(=O)Nc1ccccc1COc1ccc(CC#N)cc1. The maximum atomic E-state index is 12.5. The predicted octanol–water partition coefficient (Wildman–Crippen LogP) is 5.47. The molecule has 0 aliphatic heterocycles. The lowest BCUT2D eigenvalue weighted by molar-refractivity contribution is 0.248. The third-order valence-electron chi connectivity index (χ3n) is 4.95. The van der Waals surface area contributed by atoms with E-state index < -0.39 is 0 Å². The van der Waals surface area contributed by atoms with Crippen molar-refractivity contribution in [2.24, 2.45) is 0 Å². The molecule has 0 saturated heterocycles. The van der Waals surface area contributed by atoms with Crippen molar-refractivity contribution >= 4 is 11.7 Å². The zero-order valence-electron chi connectivity index (χ0n) is 17.7. The van der Waals surface area contributed by atoms with Crippen molar-refractivity contribution in [2.75, 3.05) is 5.32 Å². The fourth-order valence-corrected chi connectivity index (χ4v) is 3.21. The fourth-order valence-electron chi connectivity index (χ4n) is 3.21. The summed E-state index contributed by atoms with van der Waals surface area (Å²) in [4.78, 5) is 12.5. The number of nitriles is 1. The summed E-state index contributed by atoms with van der Waals surface area (Å²) in [6.45, 7) is 2.34. The maximum Gasteiger partial charge on any atom is 0.319 e. The number of anilines is 1. The number of aryl methyl sites for hydroxylation is 1. The van der Waals surface area contributed by atoms with E-state index in [4.69, 9.17) is 10.00 Å². The van der Waals surface area contributed by atoms with Crippen LogP contribution in [0, 0.1) is 11.3 Å². The number of ether oxygens (including phenoxy) is 1. The van der Waals surface area contributed by atoms with Gasteiger partial charge in [-0.1, -0.05) is 60.7 Å². The van der Waals surface area contributed by atoms with E-state index in [0.717, 1.165) is 35.4 Å². The van der Waals surface area contributed by atoms with Crippen LogP contribution in [0.15, 0.2) is 78.9 Å². The van der Waals surface area contributed by atoms with Gasteiger partial charge in [0.15, 0.2) is 0 Å². The molecular formula is C26H27N3O2. The van der Waals surface area contributed by atoms with E-state index in [1.165, 1.54) is 5.56 Å². The largest absolute Gasteiger partial charge is 0.489 e. The highest BCUT2D eigenvalue weighted by Gasteiger charge is 2.10. The normalized spacial score (nSPS) is 11.2. The fraction of sp³-hybridized carbons (Fsp3) is 0.231. The molecule has 2 N–H and O–H groups in total. The van der Waals surface area contributed by atoms with Crippen molar-refractivity contribution in [1.82, 2.24) is 5.32 Å². The van der Waals surface area contributed by atoms with Gasteiger partial charge in [-0.3, -0.25) is 0 Å². The Balaban J connectivity index is 1.51. The summed E-state index contributed by atoms with van der Waals surface area (Å²) in [5.41, 5.74) is 3.82. The van der Waals surface area contributed by atoms with Gasteiger partial charge < -0.3 is 15.4 Å². The summed E-state index contributed by atoms with van der Waals surface area (Å²) in [5.74, 6) is 0.718. The molecule has 1 atom stereocenters. The van der Waals surface area contributed by atoms with Crippen molar-refractivity contribution < 1.29 is 9.53 Å². The average Bonchev–Trinajstić information content (AvgIpc) is 2.79. The van der Waals surface area contributed by atoms with E-state index >= 15 is 0 Å². The summed E-state index contributed by atoms with van der Waals surface area (Å²) >= 11 is 0. The van der Waals surface area contributed by atoms with Gasteiger partial charge in [0.05, 0.1) is 12.5 Å². The van der Waals surface area contributed by atoms with E-state index in [-0.39, 0.29) is 12.1 Å². The monoisotopic (exact) mass is 413 g/mol. The Morgan fingerprint density at radius 2 is 1.68 bits per heavy atom. The van der Waals surface area contributed by atoms with E-state index in [0.29, 0.717) is 13.0 Å². The topological polar surface area (TPSA) is 74.2 Å². The molecule has 31 heavy (non-hydrogen) atoms. The highest BCUT2D eigenvalue weighted by atomic mass is 16.5. The standard InChI is InChI=1S/C26H27N3O2/c1-20(11-12-21-7-3-2-4-8-21)28-26(30)29-25-10-6-5-9-23(25)19-31-24-15-13-22(14-16-24)17-18-27/h2-10,13-16,20H,11-12,17,19H2,1H3,(H2,28,29,30). The summed E-state index contributed by atoms with van der Waals surface area (Å²) in [6.07, 6.45) is 2.16. The van der Waals surface area contributed by atoms with Gasteiger partial charge in [0, 0.05) is 17.3 Å². The number of hydrogen-bond donors (Lipinski definition) is 2. The van der Waals surface area contributed by atoms with Crippen LogP contribution in [0.2, 0.25) is 0 Å². The quantitative estimate of drug-likeness (QED) is 0.488. The van der Waals surface area contributed by atoms with Crippen LogP contribution in [0.5, 0.6) is 5.75 Å². The van der Waals surface area contributed by atoms with Gasteiger partial charge in [-0.25, -0.2) is 4.79 Å². The first-order valence-electron chi connectivity index (χ1n) is 10.4. The molecule has 3 aromatic carbocycles. The number of amides is 2. The zero-order chi connectivity index (χ0) is 21.9. The predicted molar refractivity (Wildman–Crippen MR) is 123 cm³/mol. The summed E-state index contributed by atoms with van der Waals surface area (Å²) in [6, 6.07) is 27.3. The molecule has 5 nitrogen and oxygen atoms in total. The molecular weight excluding hydrogens is 386 g/mol. The minimum Gasteiger partial charge on any atom is -0.489 e. The molecule has 0 radical (unpaired) electrons. The van der Waals surface area contributed by atoms with E-state index in [1.807, 2.05) is 73.7 Å². The highest BCUT2D eigenvalue weighted by Crippen LogP contribution is 2.19. The molecule has 0 aliphatic rings. The van der Waals surface area contributed by atoms with Gasteiger partial charge >= 0.3 is 6.03 Å². The number of nitrogens with one attached hydrogen (secondary N) is 2. The van der Waals surface area contributed by atoms with Crippen molar-refractivity contribution in [2.45, 2.75) is 38.8 Å². The van der Waals surface area contributed by atoms with Crippen molar-refractivity contribution in [3.8, 4) is 11.8 Å². The third kappa shape index (κ3) is 7.20. The Hall–Kier alpha value is -3.78. The van der Waals surface area contributed by atoms with Gasteiger partial charge in [-0.2, -0.15) is 5.26 Å². The second-order valence-corrected chi connectivity index (χ2v) is 7.45. The Morgan fingerprint density at radius 3 is 2.42 bits per heavy atom. The second-order valence-electron chi connectivity index (χ2n) is 7.45. The molecule has 0 aliphatic carbocycles. The number of benzene rings is 3. The van der Waals surface area contributed by atoms with Crippen LogP contribution in [0.25, 0.3) is 0 Å². The Kier molecular flexibility index (Phi) is 8.07. The minimum absolute atomic E-state index is 0.0514. The first-order chi connectivity index (χ1) is 15.1. The number of carbonyl (C=O) groups is 1. The van der Waals surface area contributed by atoms with Crippen LogP contribution in [-0.2, 0) is 19.4 Å². The highest BCUT2D eigenvalue weighted by molar-refractivity contribution is 5.90. The van der Waals surface area contributed by atoms with Crippen LogP contribution in [0.1, 0.15) is 30.0 Å². The van der Waals surface area contributed by atoms with E-state index in [2.05, 4.69) is 28.8 Å². The van der Waals surface area contributed by atoms with Crippen LogP contribution in [-0.4, -0.2) is 12.1 Å².